The first-order valence-electron chi connectivity index (χ1n) is 6.41. The number of piperazine rings is 1. The Bertz CT molecular complexity index is 496. The van der Waals surface area contributed by atoms with Gasteiger partial charge in [-0.3, -0.25) is 4.79 Å². The highest BCUT2D eigenvalue weighted by Crippen LogP contribution is 2.27. The Labute approximate surface area is 118 Å². The van der Waals surface area contributed by atoms with Gasteiger partial charge in [0.2, 0.25) is 17.8 Å². The molecular weight excluding hydrogens is 260 g/mol. The Morgan fingerprint density at radius 3 is 2.55 bits per heavy atom. The van der Waals surface area contributed by atoms with Gasteiger partial charge < -0.3 is 19.9 Å². The lowest BCUT2D eigenvalue weighted by atomic mass is 9.98. The number of rotatable bonds is 3. The molecule has 0 spiro atoms. The predicted octanol–water partition coefficient (Wildman–Crippen LogP) is -0.0211. The molecule has 20 heavy (non-hydrogen) atoms. The van der Waals surface area contributed by atoms with Crippen LogP contribution in [0.15, 0.2) is 0 Å². The van der Waals surface area contributed by atoms with E-state index in [-0.39, 0.29) is 11.9 Å². The van der Waals surface area contributed by atoms with Crippen molar-refractivity contribution in [3.63, 3.8) is 0 Å². The molecule has 110 valence electrons. The fourth-order valence-electron chi connectivity index (χ4n) is 2.23. The largest absolute Gasteiger partial charge is 0.467 e. The molecule has 1 N–H and O–H groups in total. The number of aromatic nitrogens is 3. The van der Waals surface area contributed by atoms with Crippen molar-refractivity contribution >= 4 is 17.8 Å². The van der Waals surface area contributed by atoms with Crippen LogP contribution in [0, 0.1) is 0 Å². The van der Waals surface area contributed by atoms with E-state index in [2.05, 4.69) is 20.3 Å². The molecule has 0 aromatic carbocycles. The van der Waals surface area contributed by atoms with E-state index in [4.69, 9.17) is 4.74 Å². The number of hydrogen-bond donors (Lipinski definition) is 1. The second-order valence-electron chi connectivity index (χ2n) is 5.13. The second kappa shape index (κ2) is 5.10. The molecule has 1 aliphatic rings. The summed E-state index contributed by atoms with van der Waals surface area (Å²) in [5.74, 6) is 0.885. The number of nitrogens with one attached hydrogen (secondary N) is 1. The molecule has 1 fully saturated rings. The predicted molar refractivity (Wildman–Crippen MR) is 75.0 cm³/mol. The molecule has 0 aliphatic carbocycles. The van der Waals surface area contributed by atoms with Crippen molar-refractivity contribution in [2.45, 2.75) is 19.4 Å². The van der Waals surface area contributed by atoms with Gasteiger partial charge in [-0.1, -0.05) is 0 Å². The summed E-state index contributed by atoms with van der Waals surface area (Å²) in [6.07, 6.45) is 0. The molecular formula is C12H20N6O2. The fraction of sp³-hybridized carbons (Fsp3) is 0.667. The van der Waals surface area contributed by atoms with Crippen molar-refractivity contribution in [2.24, 2.45) is 0 Å². The first-order valence-corrected chi connectivity index (χ1v) is 6.41. The second-order valence-corrected chi connectivity index (χ2v) is 5.13. The summed E-state index contributed by atoms with van der Waals surface area (Å²) in [7, 11) is 5.02. The van der Waals surface area contributed by atoms with Crippen LogP contribution in [0.3, 0.4) is 0 Å². The van der Waals surface area contributed by atoms with E-state index < -0.39 is 5.54 Å². The van der Waals surface area contributed by atoms with Crippen LogP contribution in [0.5, 0.6) is 6.01 Å². The molecule has 1 amide bonds. The quantitative estimate of drug-likeness (QED) is 0.833. The Balaban J connectivity index is 2.42. The number of ether oxygens (including phenoxy) is 1. The molecule has 0 atom stereocenters. The van der Waals surface area contributed by atoms with Crippen LogP contribution in [0.25, 0.3) is 0 Å². The molecule has 2 heterocycles. The normalized spacial score (nSPS) is 18.1. The average molecular weight is 280 g/mol. The molecule has 8 heteroatoms. The van der Waals surface area contributed by atoms with E-state index in [1.54, 1.807) is 19.0 Å². The smallest absolute Gasteiger partial charge is 0.322 e. The van der Waals surface area contributed by atoms with Crippen LogP contribution in [-0.2, 0) is 4.79 Å². The van der Waals surface area contributed by atoms with E-state index >= 15 is 0 Å². The molecule has 1 aliphatic heterocycles. The number of carbonyl (C=O) groups excluding carboxylic acids is 1. The lowest BCUT2D eigenvalue weighted by Gasteiger charge is -2.44. The van der Waals surface area contributed by atoms with Crippen molar-refractivity contribution in [3.05, 3.63) is 0 Å². The number of nitrogens with zero attached hydrogens (tertiary/aromatic N) is 5. The monoisotopic (exact) mass is 280 g/mol. The van der Waals surface area contributed by atoms with Gasteiger partial charge in [0, 0.05) is 27.2 Å². The Hall–Kier alpha value is -2.12. The van der Waals surface area contributed by atoms with Crippen molar-refractivity contribution in [1.29, 1.82) is 0 Å². The van der Waals surface area contributed by atoms with Crippen LogP contribution in [0.1, 0.15) is 13.8 Å². The van der Waals surface area contributed by atoms with Crippen LogP contribution < -0.4 is 15.0 Å². The number of carbonyl (C=O) groups is 1. The lowest BCUT2D eigenvalue weighted by Crippen LogP contribution is -2.62. The highest BCUT2D eigenvalue weighted by Gasteiger charge is 2.42. The van der Waals surface area contributed by atoms with Gasteiger partial charge in [0.05, 0.1) is 7.11 Å². The van der Waals surface area contributed by atoms with Gasteiger partial charge in [0.25, 0.3) is 0 Å². The summed E-state index contributed by atoms with van der Waals surface area (Å²) in [6.45, 7) is 5.01. The highest BCUT2D eigenvalue weighted by atomic mass is 16.5. The number of amides is 1. The standard InChI is InChI=1S/C12H20N6O2/c1-12(2)8(19)17(4)6-7-18(12)10-14-9(13-3)15-11(16-10)20-5/h6-7H2,1-5H3,(H,13,14,15,16). The number of likely N-dealkylation sites (N-methyl/N-ethyl adjacent to an activating group) is 1. The fourth-order valence-corrected chi connectivity index (χ4v) is 2.23. The zero-order valence-corrected chi connectivity index (χ0v) is 12.5. The zero-order valence-electron chi connectivity index (χ0n) is 12.5. The van der Waals surface area contributed by atoms with E-state index in [0.29, 0.717) is 25.0 Å². The van der Waals surface area contributed by atoms with E-state index in [9.17, 15) is 4.79 Å². The number of methoxy groups -OCH3 is 1. The van der Waals surface area contributed by atoms with Crippen molar-refractivity contribution in [3.8, 4) is 6.01 Å². The van der Waals surface area contributed by atoms with E-state index in [1.165, 1.54) is 7.11 Å². The van der Waals surface area contributed by atoms with Gasteiger partial charge in [-0.15, -0.1) is 0 Å². The third-order valence-electron chi connectivity index (χ3n) is 3.45. The SMILES string of the molecule is CNc1nc(OC)nc(N2CCN(C)C(=O)C2(C)C)n1. The Kier molecular flexibility index (Phi) is 3.65. The first kappa shape index (κ1) is 14.3. The summed E-state index contributed by atoms with van der Waals surface area (Å²) in [5.41, 5.74) is -0.704. The highest BCUT2D eigenvalue weighted by molar-refractivity contribution is 5.89. The number of hydrogen-bond acceptors (Lipinski definition) is 7. The summed E-state index contributed by atoms with van der Waals surface area (Å²) >= 11 is 0. The summed E-state index contributed by atoms with van der Waals surface area (Å²) in [4.78, 5) is 28.5. The third-order valence-corrected chi connectivity index (χ3v) is 3.45. The molecule has 8 nitrogen and oxygen atoms in total. The summed E-state index contributed by atoms with van der Waals surface area (Å²) in [5, 5.41) is 2.86. The minimum atomic E-state index is -0.704. The zero-order chi connectivity index (χ0) is 14.9. The maximum atomic E-state index is 12.3. The van der Waals surface area contributed by atoms with Gasteiger partial charge in [-0.05, 0) is 13.8 Å². The minimum Gasteiger partial charge on any atom is -0.467 e. The van der Waals surface area contributed by atoms with Crippen molar-refractivity contribution in [1.82, 2.24) is 19.9 Å². The lowest BCUT2D eigenvalue weighted by molar-refractivity contribution is -0.136. The average Bonchev–Trinajstić information content (AvgIpc) is 2.44. The van der Waals surface area contributed by atoms with Crippen LogP contribution in [-0.4, -0.2) is 65.6 Å². The van der Waals surface area contributed by atoms with Crippen molar-refractivity contribution < 1.29 is 9.53 Å². The molecule has 0 bridgehead atoms. The maximum absolute atomic E-state index is 12.3. The van der Waals surface area contributed by atoms with Crippen LogP contribution in [0.4, 0.5) is 11.9 Å². The van der Waals surface area contributed by atoms with Gasteiger partial charge in [-0.2, -0.15) is 15.0 Å². The topological polar surface area (TPSA) is 83.5 Å². The van der Waals surface area contributed by atoms with Gasteiger partial charge in [-0.25, -0.2) is 0 Å². The molecule has 1 saturated heterocycles. The Morgan fingerprint density at radius 2 is 1.95 bits per heavy atom. The van der Waals surface area contributed by atoms with Crippen molar-refractivity contribution in [2.75, 3.05) is 44.5 Å². The maximum Gasteiger partial charge on any atom is 0.322 e. The molecule has 1 aromatic heterocycles. The summed E-state index contributed by atoms with van der Waals surface area (Å²) < 4.78 is 5.08. The third kappa shape index (κ3) is 2.33. The van der Waals surface area contributed by atoms with Crippen LogP contribution >= 0.6 is 0 Å². The molecule has 1 aromatic rings. The van der Waals surface area contributed by atoms with E-state index in [1.807, 2.05) is 18.7 Å². The first-order chi connectivity index (χ1) is 9.40. The molecule has 0 radical (unpaired) electrons. The van der Waals surface area contributed by atoms with Crippen LogP contribution in [0.2, 0.25) is 0 Å². The minimum absolute atomic E-state index is 0.0362. The molecule has 2 rings (SSSR count). The van der Waals surface area contributed by atoms with Gasteiger partial charge >= 0.3 is 6.01 Å². The van der Waals surface area contributed by atoms with Gasteiger partial charge in [0.15, 0.2) is 0 Å². The Morgan fingerprint density at radius 1 is 1.25 bits per heavy atom. The molecule has 0 unspecified atom stereocenters. The summed E-state index contributed by atoms with van der Waals surface area (Å²) in [6, 6.07) is 0.224. The van der Waals surface area contributed by atoms with Gasteiger partial charge in [0.1, 0.15) is 5.54 Å². The molecule has 0 saturated carbocycles. The number of anilines is 2. The van der Waals surface area contributed by atoms with E-state index in [0.717, 1.165) is 0 Å².